The number of aromatic nitrogens is 1. The van der Waals surface area contributed by atoms with Gasteiger partial charge in [0.15, 0.2) is 5.69 Å². The molecule has 6 heteroatoms. The standard InChI is InChI=1S/C14H15N3O3/c1-9(2)20-11-5-3-4-10(8-11)14-12(17(18)19)6-7-13(15)16-14/h3-9H,1-2H3,(H2,15,16). The van der Waals surface area contributed by atoms with Gasteiger partial charge in [-0.05, 0) is 32.0 Å². The number of anilines is 1. The van der Waals surface area contributed by atoms with Crippen molar-refractivity contribution >= 4 is 11.5 Å². The largest absolute Gasteiger partial charge is 0.491 e. The zero-order chi connectivity index (χ0) is 14.7. The van der Waals surface area contributed by atoms with Gasteiger partial charge in [-0.15, -0.1) is 0 Å². The van der Waals surface area contributed by atoms with Gasteiger partial charge < -0.3 is 10.5 Å². The topological polar surface area (TPSA) is 91.3 Å². The molecular formula is C14H15N3O3. The van der Waals surface area contributed by atoms with Crippen LogP contribution in [0.15, 0.2) is 36.4 Å². The molecule has 104 valence electrons. The molecule has 20 heavy (non-hydrogen) atoms. The molecule has 0 spiro atoms. The first-order valence-electron chi connectivity index (χ1n) is 6.15. The van der Waals surface area contributed by atoms with Crippen LogP contribution in [0.5, 0.6) is 5.75 Å². The Labute approximate surface area is 116 Å². The number of rotatable bonds is 4. The lowest BCUT2D eigenvalue weighted by Crippen LogP contribution is -2.05. The Morgan fingerprint density at radius 1 is 1.30 bits per heavy atom. The summed E-state index contributed by atoms with van der Waals surface area (Å²) in [6, 6.07) is 9.78. The summed E-state index contributed by atoms with van der Waals surface area (Å²) in [5.41, 5.74) is 6.38. The summed E-state index contributed by atoms with van der Waals surface area (Å²) in [6.45, 7) is 3.82. The van der Waals surface area contributed by atoms with Gasteiger partial charge in [-0.2, -0.15) is 0 Å². The molecule has 0 fully saturated rings. The van der Waals surface area contributed by atoms with Crippen molar-refractivity contribution in [2.75, 3.05) is 5.73 Å². The van der Waals surface area contributed by atoms with Crippen molar-refractivity contribution in [3.05, 3.63) is 46.5 Å². The van der Waals surface area contributed by atoms with Gasteiger partial charge in [0, 0.05) is 11.6 Å². The van der Waals surface area contributed by atoms with Gasteiger partial charge >= 0.3 is 0 Å². The third-order valence-corrected chi connectivity index (χ3v) is 2.57. The van der Waals surface area contributed by atoms with E-state index in [1.165, 1.54) is 12.1 Å². The van der Waals surface area contributed by atoms with E-state index in [9.17, 15) is 10.1 Å². The Morgan fingerprint density at radius 2 is 2.05 bits per heavy atom. The quantitative estimate of drug-likeness (QED) is 0.682. The summed E-state index contributed by atoms with van der Waals surface area (Å²) < 4.78 is 5.58. The zero-order valence-electron chi connectivity index (χ0n) is 11.2. The predicted octanol–water partition coefficient (Wildman–Crippen LogP) is 3.03. The lowest BCUT2D eigenvalue weighted by Gasteiger charge is -2.11. The molecule has 0 atom stereocenters. The number of benzene rings is 1. The Morgan fingerprint density at radius 3 is 2.70 bits per heavy atom. The lowest BCUT2D eigenvalue weighted by atomic mass is 10.1. The highest BCUT2D eigenvalue weighted by Crippen LogP contribution is 2.31. The van der Waals surface area contributed by atoms with Gasteiger partial charge in [0.1, 0.15) is 11.6 Å². The smallest absolute Gasteiger partial charge is 0.295 e. The molecule has 0 radical (unpaired) electrons. The average molecular weight is 273 g/mol. The van der Waals surface area contributed by atoms with E-state index in [0.29, 0.717) is 11.3 Å². The summed E-state index contributed by atoms with van der Waals surface area (Å²) in [7, 11) is 0. The molecule has 0 aliphatic rings. The number of nitrogens with zero attached hydrogens (tertiary/aromatic N) is 2. The van der Waals surface area contributed by atoms with Gasteiger partial charge in [0.25, 0.3) is 5.69 Å². The van der Waals surface area contributed by atoms with Crippen LogP contribution in [0.25, 0.3) is 11.3 Å². The fraction of sp³-hybridized carbons (Fsp3) is 0.214. The molecule has 1 aromatic heterocycles. The Kier molecular flexibility index (Phi) is 3.84. The van der Waals surface area contributed by atoms with Gasteiger partial charge in [-0.3, -0.25) is 10.1 Å². The van der Waals surface area contributed by atoms with Crippen LogP contribution in [0.2, 0.25) is 0 Å². The lowest BCUT2D eigenvalue weighted by molar-refractivity contribution is -0.384. The molecule has 2 rings (SSSR count). The van der Waals surface area contributed by atoms with Gasteiger partial charge in [-0.25, -0.2) is 4.98 Å². The summed E-state index contributed by atoms with van der Waals surface area (Å²) >= 11 is 0. The third-order valence-electron chi connectivity index (χ3n) is 2.57. The number of hydrogen-bond donors (Lipinski definition) is 1. The van der Waals surface area contributed by atoms with Crippen molar-refractivity contribution < 1.29 is 9.66 Å². The van der Waals surface area contributed by atoms with Gasteiger partial charge in [0.2, 0.25) is 0 Å². The number of nitrogens with two attached hydrogens (primary N) is 1. The van der Waals surface area contributed by atoms with Gasteiger partial charge in [-0.1, -0.05) is 12.1 Å². The van der Waals surface area contributed by atoms with E-state index >= 15 is 0 Å². The second-order valence-corrected chi connectivity index (χ2v) is 4.56. The highest BCUT2D eigenvalue weighted by atomic mass is 16.6. The maximum Gasteiger partial charge on any atom is 0.295 e. The molecule has 0 unspecified atom stereocenters. The van der Waals surface area contributed by atoms with Crippen LogP contribution in [-0.4, -0.2) is 16.0 Å². The Balaban J connectivity index is 2.50. The maximum atomic E-state index is 11.1. The van der Waals surface area contributed by atoms with E-state index in [2.05, 4.69) is 4.98 Å². The van der Waals surface area contributed by atoms with E-state index < -0.39 is 4.92 Å². The van der Waals surface area contributed by atoms with E-state index in [1.807, 2.05) is 13.8 Å². The molecule has 0 bridgehead atoms. The Bertz CT molecular complexity index is 641. The summed E-state index contributed by atoms with van der Waals surface area (Å²) in [6.07, 6.45) is 0.0223. The second kappa shape index (κ2) is 5.56. The van der Waals surface area contributed by atoms with Crippen molar-refractivity contribution in [2.45, 2.75) is 20.0 Å². The predicted molar refractivity (Wildman–Crippen MR) is 76.5 cm³/mol. The minimum absolute atomic E-state index is 0.0223. The maximum absolute atomic E-state index is 11.1. The van der Waals surface area contributed by atoms with Crippen molar-refractivity contribution in [2.24, 2.45) is 0 Å². The zero-order valence-corrected chi connectivity index (χ0v) is 11.2. The molecule has 0 amide bonds. The van der Waals surface area contributed by atoms with Gasteiger partial charge in [0.05, 0.1) is 11.0 Å². The number of ether oxygens (including phenoxy) is 1. The minimum atomic E-state index is -0.474. The Hall–Kier alpha value is -2.63. The average Bonchev–Trinajstić information content (AvgIpc) is 2.37. The van der Waals surface area contributed by atoms with Crippen molar-refractivity contribution in [3.63, 3.8) is 0 Å². The van der Waals surface area contributed by atoms with Crippen LogP contribution >= 0.6 is 0 Å². The van der Waals surface area contributed by atoms with E-state index in [1.54, 1.807) is 24.3 Å². The molecule has 2 N–H and O–H groups in total. The summed E-state index contributed by atoms with van der Waals surface area (Å²) in [5, 5.41) is 11.1. The molecule has 0 saturated carbocycles. The minimum Gasteiger partial charge on any atom is -0.491 e. The first-order chi connectivity index (χ1) is 9.47. The molecule has 2 aromatic rings. The highest BCUT2D eigenvalue weighted by Gasteiger charge is 2.17. The first-order valence-corrected chi connectivity index (χ1v) is 6.15. The summed E-state index contributed by atoms with van der Waals surface area (Å²) in [5.74, 6) is 0.872. The van der Waals surface area contributed by atoms with E-state index in [0.717, 1.165) is 0 Å². The summed E-state index contributed by atoms with van der Waals surface area (Å²) in [4.78, 5) is 14.7. The van der Waals surface area contributed by atoms with Crippen LogP contribution < -0.4 is 10.5 Å². The van der Waals surface area contributed by atoms with Crippen LogP contribution in [0, 0.1) is 10.1 Å². The fourth-order valence-electron chi connectivity index (χ4n) is 1.82. The third kappa shape index (κ3) is 3.03. The second-order valence-electron chi connectivity index (χ2n) is 4.56. The molecule has 0 saturated heterocycles. The van der Waals surface area contributed by atoms with Crippen molar-refractivity contribution in [1.29, 1.82) is 0 Å². The molecule has 1 aromatic carbocycles. The normalized spacial score (nSPS) is 10.6. The van der Waals surface area contributed by atoms with Crippen molar-refractivity contribution in [3.8, 4) is 17.0 Å². The van der Waals surface area contributed by atoms with Crippen LogP contribution in [-0.2, 0) is 0 Å². The number of nitrogen functional groups attached to an aromatic ring is 1. The number of hydrogen-bond acceptors (Lipinski definition) is 5. The van der Waals surface area contributed by atoms with E-state index in [4.69, 9.17) is 10.5 Å². The van der Waals surface area contributed by atoms with Crippen LogP contribution in [0.4, 0.5) is 11.5 Å². The monoisotopic (exact) mass is 273 g/mol. The molecule has 0 aliphatic carbocycles. The first kappa shape index (κ1) is 13.8. The molecule has 6 nitrogen and oxygen atoms in total. The highest BCUT2D eigenvalue weighted by molar-refractivity contribution is 5.72. The van der Waals surface area contributed by atoms with Crippen molar-refractivity contribution in [1.82, 2.24) is 4.98 Å². The SMILES string of the molecule is CC(C)Oc1cccc(-c2nc(N)ccc2[N+](=O)[O-])c1. The molecule has 1 heterocycles. The number of nitro groups is 1. The molecule has 0 aliphatic heterocycles. The van der Waals surface area contributed by atoms with Crippen LogP contribution in [0.3, 0.4) is 0 Å². The number of pyridine rings is 1. The van der Waals surface area contributed by atoms with E-state index in [-0.39, 0.29) is 23.3 Å². The fourth-order valence-corrected chi connectivity index (χ4v) is 1.82. The molecular weight excluding hydrogens is 258 g/mol. The van der Waals surface area contributed by atoms with Crippen LogP contribution in [0.1, 0.15) is 13.8 Å².